The van der Waals surface area contributed by atoms with E-state index in [1.807, 2.05) is 6.92 Å². The van der Waals surface area contributed by atoms with Crippen molar-refractivity contribution < 1.29 is 38.2 Å². The molecule has 0 bridgehead atoms. The first-order valence-electron chi connectivity index (χ1n) is 12.3. The van der Waals surface area contributed by atoms with Crippen LogP contribution in [0.5, 0.6) is 5.75 Å². The SMILES string of the molecule is CCCCOc1c(Br)c(C=O)c(F)c2c1C(O)=C1C(=O)[C@]3(O)C(=O)c4c(o[nH]c4=O)[C@@H](N(C)C)[C@@H]3C[C@@H]1C2. The number of nitrogens with zero attached hydrogens (tertiary/aromatic N) is 1. The number of hydrogen-bond acceptors (Lipinski definition) is 9. The highest BCUT2D eigenvalue weighted by Gasteiger charge is 2.65. The van der Waals surface area contributed by atoms with Crippen LogP contribution >= 0.6 is 15.9 Å². The van der Waals surface area contributed by atoms with Crippen LogP contribution in [0.1, 0.15) is 69.8 Å². The van der Waals surface area contributed by atoms with E-state index in [1.165, 1.54) is 0 Å². The third-order valence-electron chi connectivity index (χ3n) is 7.85. The summed E-state index contributed by atoms with van der Waals surface area (Å²) in [5.74, 6) is -5.49. The Morgan fingerprint density at radius 3 is 2.61 bits per heavy atom. The molecule has 1 heterocycles. The normalized spacial score (nSPS) is 26.1. The smallest absolute Gasteiger partial charge is 0.291 e. The van der Waals surface area contributed by atoms with Gasteiger partial charge in [0.15, 0.2) is 17.6 Å². The van der Waals surface area contributed by atoms with Crippen LogP contribution in [0.3, 0.4) is 0 Å². The predicted molar refractivity (Wildman–Crippen MR) is 135 cm³/mol. The van der Waals surface area contributed by atoms with Crippen LogP contribution in [0.2, 0.25) is 0 Å². The number of aliphatic hydroxyl groups excluding tert-OH is 1. The molecule has 3 aliphatic carbocycles. The average Bonchev–Trinajstić information content (AvgIpc) is 3.24. The van der Waals surface area contributed by atoms with Crippen LogP contribution in [-0.4, -0.2) is 64.4 Å². The van der Waals surface area contributed by atoms with Crippen LogP contribution in [-0.2, 0) is 11.2 Å². The van der Waals surface area contributed by atoms with E-state index in [1.54, 1.807) is 19.0 Å². The lowest BCUT2D eigenvalue weighted by Gasteiger charge is -2.49. The maximum Gasteiger partial charge on any atom is 0.291 e. The number of aldehydes is 1. The predicted octanol–water partition coefficient (Wildman–Crippen LogP) is 3.12. The number of aliphatic hydroxyl groups is 2. The standard InChI is InChI=1S/C26H26BrFN2O8/c1-4-5-6-37-21-15-11(18(28)12(9-31)17(21)27)7-10-8-13-19(30(2)3)22-16(25(35)29-38-22)24(34)26(13,36)23(33)14(10)20(15)32/h9-10,13,19,32,36H,4-8H2,1-3H3,(H,29,35)/t10-,13-,19-,26-/m0/s1. The molecule has 0 saturated heterocycles. The van der Waals surface area contributed by atoms with E-state index in [2.05, 4.69) is 21.1 Å². The minimum absolute atomic E-state index is 0.00276. The summed E-state index contributed by atoms with van der Waals surface area (Å²) < 4.78 is 26.7. The first-order chi connectivity index (χ1) is 18.0. The minimum atomic E-state index is -2.65. The van der Waals surface area contributed by atoms with Gasteiger partial charge in [-0.25, -0.2) is 4.39 Å². The molecule has 1 aromatic heterocycles. The van der Waals surface area contributed by atoms with E-state index < -0.39 is 57.7 Å². The lowest BCUT2D eigenvalue weighted by molar-refractivity contribution is -0.142. The number of H-pyrrole nitrogens is 1. The third kappa shape index (κ3) is 3.43. The molecule has 0 unspecified atom stereocenters. The van der Waals surface area contributed by atoms with Crippen molar-refractivity contribution in [1.82, 2.24) is 10.1 Å². The number of nitrogens with one attached hydrogen (secondary N) is 1. The Hall–Kier alpha value is -3.09. The summed E-state index contributed by atoms with van der Waals surface area (Å²) in [5.41, 5.74) is -4.59. The number of Topliss-reactive ketones (excluding diaryl/α,β-unsaturated/α-hetero) is 2. The van der Waals surface area contributed by atoms with Gasteiger partial charge in [0, 0.05) is 17.1 Å². The van der Waals surface area contributed by atoms with Crippen molar-refractivity contribution >= 4 is 39.5 Å². The highest BCUT2D eigenvalue weighted by Crippen LogP contribution is 2.55. The van der Waals surface area contributed by atoms with Gasteiger partial charge in [0.25, 0.3) is 5.56 Å². The number of carbonyl (C=O) groups is 3. The molecule has 1 aromatic carbocycles. The van der Waals surface area contributed by atoms with E-state index >= 15 is 4.39 Å². The number of hydrogen-bond donors (Lipinski definition) is 3. The molecular weight excluding hydrogens is 567 g/mol. The number of benzene rings is 1. The molecule has 2 aromatic rings. The quantitative estimate of drug-likeness (QED) is 0.261. The van der Waals surface area contributed by atoms with E-state index in [0.717, 1.165) is 6.42 Å². The molecule has 0 amide bonds. The maximum atomic E-state index is 15.6. The highest BCUT2D eigenvalue weighted by molar-refractivity contribution is 9.10. The molecule has 202 valence electrons. The number of aromatic nitrogens is 1. The fourth-order valence-electron chi connectivity index (χ4n) is 6.09. The molecule has 5 rings (SSSR count). The summed E-state index contributed by atoms with van der Waals surface area (Å²) in [6.07, 6.45) is 1.67. The van der Waals surface area contributed by atoms with Gasteiger partial charge in [-0.1, -0.05) is 13.3 Å². The summed E-state index contributed by atoms with van der Waals surface area (Å²) in [6.45, 7) is 2.14. The molecule has 0 radical (unpaired) electrons. The Kier molecular flexibility index (Phi) is 6.48. The summed E-state index contributed by atoms with van der Waals surface area (Å²) in [5, 5.41) is 25.3. The number of unbranched alkanes of at least 4 members (excludes halogenated alkanes) is 1. The third-order valence-corrected chi connectivity index (χ3v) is 8.64. The summed E-state index contributed by atoms with van der Waals surface area (Å²) in [7, 11) is 3.29. The zero-order valence-electron chi connectivity index (χ0n) is 20.9. The largest absolute Gasteiger partial charge is 0.507 e. The van der Waals surface area contributed by atoms with Crippen molar-refractivity contribution in [3.8, 4) is 5.75 Å². The Morgan fingerprint density at radius 1 is 1.26 bits per heavy atom. The number of rotatable bonds is 6. The number of ketones is 2. The van der Waals surface area contributed by atoms with Gasteiger partial charge in [-0.2, -0.15) is 5.16 Å². The first-order valence-corrected chi connectivity index (χ1v) is 13.0. The lowest BCUT2D eigenvalue weighted by atomic mass is 9.57. The molecule has 4 atom stereocenters. The van der Waals surface area contributed by atoms with Gasteiger partial charge >= 0.3 is 0 Å². The summed E-state index contributed by atoms with van der Waals surface area (Å²) in [4.78, 5) is 53.3. The van der Waals surface area contributed by atoms with Crippen molar-refractivity contribution in [2.45, 2.75) is 44.2 Å². The second-order valence-electron chi connectivity index (χ2n) is 10.2. The fraction of sp³-hybridized carbons (Fsp3) is 0.462. The van der Waals surface area contributed by atoms with Crippen molar-refractivity contribution in [2.75, 3.05) is 20.7 Å². The zero-order valence-corrected chi connectivity index (χ0v) is 22.5. The van der Waals surface area contributed by atoms with Crippen LogP contribution in [0.4, 0.5) is 4.39 Å². The Labute approximate surface area is 224 Å². The second kappa shape index (κ2) is 9.28. The molecule has 3 aliphatic rings. The molecule has 0 spiro atoms. The molecule has 1 fully saturated rings. The Bertz CT molecular complexity index is 1470. The van der Waals surface area contributed by atoms with E-state index in [9.17, 15) is 29.4 Å². The van der Waals surface area contributed by atoms with Gasteiger partial charge in [-0.15, -0.1) is 0 Å². The molecular formula is C26H26BrFN2O8. The molecule has 1 saturated carbocycles. The summed E-state index contributed by atoms with van der Waals surface area (Å²) in [6, 6.07) is -0.839. The van der Waals surface area contributed by atoms with E-state index in [0.29, 0.717) is 12.7 Å². The monoisotopic (exact) mass is 592 g/mol. The van der Waals surface area contributed by atoms with Gasteiger partial charge in [0.05, 0.1) is 28.2 Å². The van der Waals surface area contributed by atoms with Gasteiger partial charge < -0.3 is 19.5 Å². The molecule has 3 N–H and O–H groups in total. The minimum Gasteiger partial charge on any atom is -0.507 e. The number of ether oxygens (including phenoxy) is 1. The number of carbonyl (C=O) groups excluding carboxylic acids is 3. The molecule has 10 nitrogen and oxygen atoms in total. The van der Waals surface area contributed by atoms with Crippen molar-refractivity contribution in [2.24, 2.45) is 11.8 Å². The second-order valence-corrected chi connectivity index (χ2v) is 10.9. The Balaban J connectivity index is 1.74. The van der Waals surface area contributed by atoms with Crippen LogP contribution in [0.25, 0.3) is 5.76 Å². The van der Waals surface area contributed by atoms with Gasteiger partial charge in [0.1, 0.15) is 22.9 Å². The number of halogens is 2. The zero-order chi connectivity index (χ0) is 27.7. The Morgan fingerprint density at radius 2 is 1.97 bits per heavy atom. The maximum absolute atomic E-state index is 15.6. The number of aromatic amines is 1. The van der Waals surface area contributed by atoms with Crippen molar-refractivity contribution in [1.29, 1.82) is 0 Å². The van der Waals surface area contributed by atoms with Crippen LogP contribution < -0.4 is 10.3 Å². The molecule has 0 aliphatic heterocycles. The number of fused-ring (bicyclic) bond motifs is 4. The van der Waals surface area contributed by atoms with Crippen molar-refractivity contribution in [3.05, 3.63) is 54.2 Å². The molecule has 12 heteroatoms. The topological polar surface area (TPSA) is 150 Å². The van der Waals surface area contributed by atoms with Crippen LogP contribution in [0, 0.1) is 17.7 Å². The highest BCUT2D eigenvalue weighted by atomic mass is 79.9. The van der Waals surface area contributed by atoms with Crippen LogP contribution in [0.15, 0.2) is 19.4 Å². The summed E-state index contributed by atoms with van der Waals surface area (Å²) >= 11 is 3.20. The van der Waals surface area contributed by atoms with E-state index in [4.69, 9.17) is 9.26 Å². The van der Waals surface area contributed by atoms with E-state index in [-0.39, 0.29) is 57.7 Å². The fourth-order valence-corrected chi connectivity index (χ4v) is 6.67. The first kappa shape index (κ1) is 26.5. The molecule has 38 heavy (non-hydrogen) atoms. The lowest BCUT2D eigenvalue weighted by Crippen LogP contribution is -2.63. The van der Waals surface area contributed by atoms with Gasteiger partial charge in [-0.05, 0) is 55.2 Å². The van der Waals surface area contributed by atoms with Crippen molar-refractivity contribution in [3.63, 3.8) is 0 Å². The van der Waals surface area contributed by atoms with Gasteiger partial charge in [-0.3, -0.25) is 24.1 Å². The van der Waals surface area contributed by atoms with Gasteiger partial charge in [0.2, 0.25) is 11.6 Å². The average molecular weight is 593 g/mol.